The third-order valence-electron chi connectivity index (χ3n) is 5.07. The van der Waals surface area contributed by atoms with Crippen molar-refractivity contribution in [1.82, 2.24) is 10.6 Å². The quantitative estimate of drug-likeness (QED) is 0.837. The maximum atomic E-state index is 12.4. The van der Waals surface area contributed by atoms with Gasteiger partial charge in [-0.05, 0) is 55.6 Å². The maximum absolute atomic E-state index is 12.4. The van der Waals surface area contributed by atoms with Crippen molar-refractivity contribution in [2.24, 2.45) is 5.92 Å². The fourth-order valence-corrected chi connectivity index (χ4v) is 4.53. The fourth-order valence-electron chi connectivity index (χ4n) is 3.82. The van der Waals surface area contributed by atoms with Crippen molar-refractivity contribution in [2.75, 3.05) is 6.26 Å². The van der Waals surface area contributed by atoms with Crippen molar-refractivity contribution >= 4 is 17.7 Å². The van der Waals surface area contributed by atoms with Crippen LogP contribution in [0.4, 0.5) is 0 Å². The van der Waals surface area contributed by atoms with Crippen LogP contribution in [0.1, 0.15) is 43.2 Å². The normalized spacial score (nSPS) is 27.5. The number of benzene rings is 1. The Morgan fingerprint density at radius 2 is 2.18 bits per heavy atom. The molecule has 120 valence electrons. The smallest absolute Gasteiger partial charge is 0.237 e. The summed E-state index contributed by atoms with van der Waals surface area (Å²) in [5.41, 5.74) is 2.47. The average Bonchev–Trinajstić information content (AvgIpc) is 2.97. The van der Waals surface area contributed by atoms with Gasteiger partial charge in [-0.25, -0.2) is 0 Å². The third kappa shape index (κ3) is 3.49. The molecule has 4 heteroatoms. The lowest BCUT2D eigenvalue weighted by molar-refractivity contribution is -0.123. The molecule has 2 N–H and O–H groups in total. The minimum atomic E-state index is 0.0104. The molecule has 2 aliphatic rings. The van der Waals surface area contributed by atoms with E-state index in [9.17, 15) is 4.79 Å². The van der Waals surface area contributed by atoms with E-state index in [2.05, 4.69) is 42.0 Å². The van der Waals surface area contributed by atoms with Crippen molar-refractivity contribution in [2.45, 2.75) is 62.6 Å². The van der Waals surface area contributed by atoms with Crippen LogP contribution in [0, 0.1) is 12.8 Å². The minimum Gasteiger partial charge on any atom is -0.351 e. The van der Waals surface area contributed by atoms with Gasteiger partial charge in [-0.1, -0.05) is 25.0 Å². The van der Waals surface area contributed by atoms with Crippen molar-refractivity contribution in [3.8, 4) is 0 Å². The van der Waals surface area contributed by atoms with E-state index < -0.39 is 0 Å². The molecule has 0 spiro atoms. The number of fused-ring (bicyclic) bond motifs is 1. The Labute approximate surface area is 137 Å². The van der Waals surface area contributed by atoms with E-state index in [4.69, 9.17) is 0 Å². The number of carbonyl (C=O) groups is 1. The first kappa shape index (κ1) is 15.9. The average molecular weight is 318 g/mol. The molecule has 1 aliphatic heterocycles. The second-order valence-corrected chi connectivity index (χ2v) is 7.49. The molecule has 3 rings (SSSR count). The molecule has 0 bridgehead atoms. The molecule has 22 heavy (non-hydrogen) atoms. The number of nitrogens with one attached hydrogen (secondary N) is 2. The van der Waals surface area contributed by atoms with E-state index in [1.807, 2.05) is 0 Å². The zero-order valence-electron chi connectivity index (χ0n) is 13.5. The molecule has 3 atom stereocenters. The van der Waals surface area contributed by atoms with Crippen molar-refractivity contribution in [1.29, 1.82) is 0 Å². The van der Waals surface area contributed by atoms with Crippen LogP contribution in [0.5, 0.6) is 0 Å². The van der Waals surface area contributed by atoms with Gasteiger partial charge in [0, 0.05) is 17.5 Å². The zero-order valence-corrected chi connectivity index (χ0v) is 14.3. The van der Waals surface area contributed by atoms with Crippen LogP contribution in [-0.4, -0.2) is 24.2 Å². The largest absolute Gasteiger partial charge is 0.351 e. The van der Waals surface area contributed by atoms with Crippen LogP contribution in [0.3, 0.4) is 0 Å². The van der Waals surface area contributed by atoms with Gasteiger partial charge in [0.15, 0.2) is 0 Å². The number of aryl methyl sites for hydroxylation is 1. The monoisotopic (exact) mass is 318 g/mol. The molecule has 3 unspecified atom stereocenters. The van der Waals surface area contributed by atoms with Crippen molar-refractivity contribution in [3.05, 3.63) is 29.3 Å². The highest BCUT2D eigenvalue weighted by molar-refractivity contribution is 7.98. The molecule has 1 saturated carbocycles. The Hall–Kier alpha value is -1.00. The van der Waals surface area contributed by atoms with Gasteiger partial charge >= 0.3 is 0 Å². The Bertz CT molecular complexity index is 532. The molecular weight excluding hydrogens is 292 g/mol. The Kier molecular flexibility index (Phi) is 5.09. The molecule has 1 saturated heterocycles. The molecule has 3 nitrogen and oxygen atoms in total. The van der Waals surface area contributed by atoms with Crippen LogP contribution in [0.15, 0.2) is 23.1 Å². The number of thioether (sulfide) groups is 1. The highest BCUT2D eigenvalue weighted by atomic mass is 32.2. The van der Waals surface area contributed by atoms with E-state index in [0.717, 1.165) is 6.42 Å². The number of rotatable bonds is 4. The van der Waals surface area contributed by atoms with E-state index in [-0.39, 0.29) is 11.9 Å². The topological polar surface area (TPSA) is 41.1 Å². The van der Waals surface area contributed by atoms with Crippen LogP contribution in [-0.2, 0) is 11.3 Å². The zero-order chi connectivity index (χ0) is 15.5. The van der Waals surface area contributed by atoms with Crippen LogP contribution < -0.4 is 10.6 Å². The van der Waals surface area contributed by atoms with E-state index >= 15 is 0 Å². The number of carbonyl (C=O) groups excluding carboxylic acids is 1. The van der Waals surface area contributed by atoms with Crippen LogP contribution >= 0.6 is 11.8 Å². The van der Waals surface area contributed by atoms with Gasteiger partial charge in [0.1, 0.15) is 0 Å². The summed E-state index contributed by atoms with van der Waals surface area (Å²) in [7, 11) is 0. The molecular formula is C18H26N2OS. The SMILES string of the molecule is CSc1cc(C)ccc1CNC(=O)C1CC2CCCCC2N1. The summed E-state index contributed by atoms with van der Waals surface area (Å²) in [6.45, 7) is 2.73. The molecule has 0 radical (unpaired) electrons. The lowest BCUT2D eigenvalue weighted by Gasteiger charge is -2.24. The lowest BCUT2D eigenvalue weighted by atomic mass is 9.85. The first-order valence-electron chi connectivity index (χ1n) is 8.34. The third-order valence-corrected chi connectivity index (χ3v) is 5.89. The van der Waals surface area contributed by atoms with Gasteiger partial charge in [0.05, 0.1) is 6.04 Å². The second-order valence-electron chi connectivity index (χ2n) is 6.64. The fraction of sp³-hybridized carbons (Fsp3) is 0.611. The summed E-state index contributed by atoms with van der Waals surface area (Å²) in [6.07, 6.45) is 8.27. The molecule has 1 aromatic rings. The van der Waals surface area contributed by atoms with Gasteiger partial charge in [-0.3, -0.25) is 4.79 Å². The Morgan fingerprint density at radius 1 is 1.36 bits per heavy atom. The summed E-state index contributed by atoms with van der Waals surface area (Å²) >= 11 is 1.74. The molecule has 1 amide bonds. The number of hydrogen-bond donors (Lipinski definition) is 2. The van der Waals surface area contributed by atoms with E-state index in [0.29, 0.717) is 18.5 Å². The van der Waals surface area contributed by atoms with Gasteiger partial charge < -0.3 is 10.6 Å². The predicted octanol–water partition coefficient (Wildman–Crippen LogP) is 3.25. The summed E-state index contributed by atoms with van der Waals surface area (Å²) in [6, 6.07) is 7.02. The summed E-state index contributed by atoms with van der Waals surface area (Å²) in [5, 5.41) is 6.68. The summed E-state index contributed by atoms with van der Waals surface area (Å²) in [5.74, 6) is 0.882. The minimum absolute atomic E-state index is 0.0104. The highest BCUT2D eigenvalue weighted by Crippen LogP contribution is 2.33. The predicted molar refractivity (Wildman–Crippen MR) is 92.1 cm³/mol. The Balaban J connectivity index is 1.56. The number of hydrogen-bond acceptors (Lipinski definition) is 3. The molecule has 1 aliphatic carbocycles. The van der Waals surface area contributed by atoms with Crippen LogP contribution in [0.2, 0.25) is 0 Å². The van der Waals surface area contributed by atoms with E-state index in [1.54, 1.807) is 11.8 Å². The van der Waals surface area contributed by atoms with Gasteiger partial charge in [-0.2, -0.15) is 0 Å². The first-order valence-corrected chi connectivity index (χ1v) is 9.57. The standard InChI is InChI=1S/C18H26N2OS/c1-12-7-8-14(17(9-12)22-2)11-19-18(21)16-10-13-5-3-4-6-15(13)20-16/h7-9,13,15-16,20H,3-6,10-11H2,1-2H3,(H,19,21). The van der Waals surface area contributed by atoms with Gasteiger partial charge in [0.25, 0.3) is 0 Å². The van der Waals surface area contributed by atoms with Crippen LogP contribution in [0.25, 0.3) is 0 Å². The number of amides is 1. The van der Waals surface area contributed by atoms with Crippen molar-refractivity contribution in [3.63, 3.8) is 0 Å². The molecule has 1 heterocycles. The first-order chi connectivity index (χ1) is 10.7. The molecule has 2 fully saturated rings. The molecule has 1 aromatic carbocycles. The maximum Gasteiger partial charge on any atom is 0.237 e. The van der Waals surface area contributed by atoms with Gasteiger partial charge in [-0.15, -0.1) is 11.8 Å². The van der Waals surface area contributed by atoms with Gasteiger partial charge in [0.2, 0.25) is 5.91 Å². The van der Waals surface area contributed by atoms with Crippen molar-refractivity contribution < 1.29 is 4.79 Å². The lowest BCUT2D eigenvalue weighted by Crippen LogP contribution is -2.42. The highest BCUT2D eigenvalue weighted by Gasteiger charge is 2.37. The van der Waals surface area contributed by atoms with E-state index in [1.165, 1.54) is 41.7 Å². The summed E-state index contributed by atoms with van der Waals surface area (Å²) in [4.78, 5) is 13.7. The second kappa shape index (κ2) is 7.05. The Morgan fingerprint density at radius 3 is 2.95 bits per heavy atom. The summed E-state index contributed by atoms with van der Waals surface area (Å²) < 4.78 is 0. The molecule has 0 aromatic heterocycles.